The Bertz CT molecular complexity index is 3270. The van der Waals surface area contributed by atoms with Crippen molar-refractivity contribution >= 4 is 11.6 Å². The summed E-state index contributed by atoms with van der Waals surface area (Å²) >= 11 is 0. The Morgan fingerprint density at radius 1 is 0.851 bits per heavy atom. The largest absolute Gasteiger partial charge is 0.493 e. The number of hydrogen-bond acceptors (Lipinski definition) is 8. The Balaban J connectivity index is 0.000000337. The normalized spacial score (nSPS) is 55.8. The van der Waals surface area contributed by atoms with Gasteiger partial charge in [0.2, 0.25) is 0 Å². The highest BCUT2D eigenvalue weighted by Gasteiger charge is 2.40. The molecule has 5 unspecified atom stereocenters. The second-order valence-electron chi connectivity index (χ2n) is 9.90. The summed E-state index contributed by atoms with van der Waals surface area (Å²) in [6.45, 7) is -17.5. The van der Waals surface area contributed by atoms with Gasteiger partial charge in [-0.3, -0.25) is 19.4 Å². The van der Waals surface area contributed by atoms with Gasteiger partial charge in [-0.15, -0.1) is 0 Å². The summed E-state index contributed by atoms with van der Waals surface area (Å²) in [7, 11) is -14.2. The molecule has 0 radical (unpaired) electrons. The molecule has 5 atom stereocenters. The van der Waals surface area contributed by atoms with E-state index in [0.29, 0.717) is 6.92 Å². The first-order valence-electron chi connectivity index (χ1n) is 35.3. The third-order valence-corrected chi connectivity index (χ3v) is 6.33. The first-order valence-corrected chi connectivity index (χ1v) is 13.3. The number of ether oxygens (including phenoxy) is 4. The molecule has 0 N–H and O–H groups in total. The van der Waals surface area contributed by atoms with Crippen molar-refractivity contribution in [2.24, 2.45) is 23.6 Å². The number of hydrogen-bond donors (Lipinski definition) is 0. The molecule has 4 heterocycles. The van der Waals surface area contributed by atoms with Gasteiger partial charge in [-0.1, -0.05) is 34.0 Å². The molecule has 47 heavy (non-hydrogen) atoms. The van der Waals surface area contributed by atoms with Crippen LogP contribution >= 0.6 is 0 Å². The number of piperidine rings is 2. The van der Waals surface area contributed by atoms with E-state index in [1.807, 2.05) is 0 Å². The second kappa shape index (κ2) is 15.4. The Morgan fingerprint density at radius 3 is 1.77 bits per heavy atom. The number of methoxy groups -OCH3 is 4. The fourth-order valence-corrected chi connectivity index (χ4v) is 4.25. The van der Waals surface area contributed by atoms with E-state index in [2.05, 4.69) is 14.2 Å². The highest BCUT2D eigenvalue weighted by Crippen LogP contribution is 2.44. The molecular weight excluding hydrogens is 592 g/mol. The number of carbonyl (C=O) groups is 2. The summed E-state index contributed by atoms with van der Waals surface area (Å²) in [5.74, 6) is -23.4. The fraction of sp³-hybridized carbons (Fsp3) is 0.641. The van der Waals surface area contributed by atoms with Crippen LogP contribution in [0.1, 0.15) is 154 Å². The van der Waals surface area contributed by atoms with E-state index in [9.17, 15) is 12.3 Å². The summed E-state index contributed by atoms with van der Waals surface area (Å²) in [5, 5.41) is 0. The molecular formula is C39H56N2O6. The molecule has 0 amide bonds. The van der Waals surface area contributed by atoms with Crippen LogP contribution in [-0.4, -0.2) is 75.5 Å². The first kappa shape index (κ1) is 9.57. The summed E-state index contributed by atoms with van der Waals surface area (Å²) in [6.07, 6.45) is -25.1. The predicted octanol–water partition coefficient (Wildman–Crippen LogP) is 6.87. The molecule has 8 heteroatoms. The van der Waals surface area contributed by atoms with Gasteiger partial charge in [-0.05, 0) is 83.8 Å². The van der Waals surface area contributed by atoms with Gasteiger partial charge in [0, 0.05) is 98.2 Å². The van der Waals surface area contributed by atoms with Crippen molar-refractivity contribution in [3.05, 3.63) is 46.4 Å². The molecule has 0 aromatic heterocycles. The van der Waals surface area contributed by atoms with Gasteiger partial charge < -0.3 is 18.9 Å². The van der Waals surface area contributed by atoms with Crippen molar-refractivity contribution < 1.29 is 88.8 Å². The van der Waals surface area contributed by atoms with Crippen LogP contribution in [0.4, 0.5) is 0 Å². The summed E-state index contributed by atoms with van der Waals surface area (Å²) < 4.78 is 383. The summed E-state index contributed by atoms with van der Waals surface area (Å²) in [6, 6.07) is -14.4. The zero-order valence-corrected chi connectivity index (χ0v) is 24.6. The van der Waals surface area contributed by atoms with Gasteiger partial charge in [-0.2, -0.15) is 0 Å². The van der Waals surface area contributed by atoms with Crippen LogP contribution in [-0.2, 0) is 22.3 Å². The number of fused-ring (bicyclic) bond motifs is 6. The number of nitrogens with zero attached hydrogens (tertiary/aromatic N) is 2. The van der Waals surface area contributed by atoms with E-state index in [1.165, 1.54) is 13.8 Å². The van der Waals surface area contributed by atoms with Crippen molar-refractivity contribution in [2.45, 2.75) is 84.3 Å². The number of ketones is 2. The summed E-state index contributed by atoms with van der Waals surface area (Å²) in [5.41, 5.74) is -6.10. The SMILES string of the molecule is [2H]c1c(OC([2H])([2H])[2H])c(OC([2H])([2H])[2H])c([2H])c2c1C([2H])([2H])C([2H])([2H])N1C([2H])([2H])C([2H])(C([2H])([2H])C([2H])(C([2H])([2H])[2H])C([2H])([2H])C)C(=O)C([2H])([2H])C21[2H].[2H]c1c(OC([2H])([2H])[2H])c(OC([2H])([2H])[2H])c([2H])c2c1C([2H])([2H])C([2H])([2H])N1C([2H])([2H])C([2H])(CC(C)C)C(=O)C([2H])([2H])C21[2H]. The van der Waals surface area contributed by atoms with Crippen LogP contribution < -0.4 is 18.9 Å². The van der Waals surface area contributed by atoms with Crippen molar-refractivity contribution in [1.29, 1.82) is 0 Å². The molecule has 2 saturated heterocycles. The lowest BCUT2D eigenvalue weighted by Gasteiger charge is -2.43. The second-order valence-corrected chi connectivity index (χ2v) is 9.90. The lowest BCUT2D eigenvalue weighted by Crippen LogP contribution is -2.46. The number of carbonyl (C=O) groups excluding carboxylic acids is 2. The Labute approximate surface area is 343 Å². The van der Waals surface area contributed by atoms with Gasteiger partial charge in [0.15, 0.2) is 23.0 Å². The van der Waals surface area contributed by atoms with Crippen LogP contribution in [0, 0.1) is 23.6 Å². The molecule has 8 nitrogen and oxygen atoms in total. The minimum Gasteiger partial charge on any atom is -0.493 e. The van der Waals surface area contributed by atoms with E-state index in [0.717, 1.165) is 0 Å². The molecule has 2 fully saturated rings. The zero-order valence-electron chi connectivity index (χ0n) is 68.6. The molecule has 258 valence electrons. The maximum absolute atomic E-state index is 14.2. The van der Waals surface area contributed by atoms with E-state index in [4.69, 9.17) is 62.3 Å². The lowest BCUT2D eigenvalue weighted by molar-refractivity contribution is -0.130. The van der Waals surface area contributed by atoms with Crippen LogP contribution in [0.15, 0.2) is 24.2 Å². The highest BCUT2D eigenvalue weighted by molar-refractivity contribution is 5.83. The van der Waals surface area contributed by atoms with Crippen LogP contribution in [0.5, 0.6) is 23.0 Å². The maximum Gasteiger partial charge on any atom is 0.161 e. The minimum absolute atomic E-state index is 0.299. The van der Waals surface area contributed by atoms with Crippen molar-refractivity contribution in [3.8, 4) is 23.0 Å². The van der Waals surface area contributed by atoms with Crippen LogP contribution in [0.3, 0.4) is 0 Å². The van der Waals surface area contributed by atoms with Gasteiger partial charge in [0.25, 0.3) is 0 Å². The molecule has 0 saturated carbocycles. The standard InChI is InChI=1S/C20H29NO3.C19H27NO3/c1-5-13(2)8-15-12-21-7-6-14-9-19(23-3)20(24-4)10-16(14)17(21)11-18(15)22;1-12(2)7-14-11-20-6-5-13-8-18(22-3)19(23-4)9-15(13)16(20)10-17(14)21/h9-10,13,15,17H,5-8,11-12H2,1-4H3;8-9,12,14,16H,5-7,10-11H2,1-4H3/i2D3,3D3,4D3,5D2,6D2,7D2,8D2,9D,10D,11D2,12D2,13D,15D,17D;3D3,4D3,5D2,6D2,8D,9D,10D2,11D2,14D,16D. The third kappa shape index (κ3) is 7.64. The van der Waals surface area contributed by atoms with Crippen LogP contribution in [0.25, 0.3) is 0 Å². The highest BCUT2D eigenvalue weighted by atomic mass is 16.5. The van der Waals surface area contributed by atoms with Gasteiger partial charge in [0.05, 0.1) is 52.8 Å². The fourth-order valence-electron chi connectivity index (χ4n) is 4.25. The minimum atomic E-state index is -4.79. The lowest BCUT2D eigenvalue weighted by atomic mass is 9.79. The Hall–Kier alpha value is -3.10. The number of rotatable bonds is 9. The van der Waals surface area contributed by atoms with Gasteiger partial charge in [-0.25, -0.2) is 0 Å². The van der Waals surface area contributed by atoms with E-state index < -0.39 is 227 Å². The van der Waals surface area contributed by atoms with Crippen molar-refractivity contribution in [1.82, 2.24) is 9.80 Å². The van der Waals surface area contributed by atoms with Gasteiger partial charge >= 0.3 is 0 Å². The van der Waals surface area contributed by atoms with Gasteiger partial charge in [0.1, 0.15) is 11.6 Å². The average molecular weight is 693 g/mol. The maximum atomic E-state index is 14.2. The predicted molar refractivity (Wildman–Crippen MR) is 185 cm³/mol. The Morgan fingerprint density at radius 2 is 1.32 bits per heavy atom. The van der Waals surface area contributed by atoms with Crippen LogP contribution in [0.2, 0.25) is 0 Å². The molecule has 2 aromatic rings. The van der Waals surface area contributed by atoms with E-state index >= 15 is 0 Å². The summed E-state index contributed by atoms with van der Waals surface area (Å²) in [4.78, 5) is 26.7. The van der Waals surface area contributed by atoms with Crippen molar-refractivity contribution in [3.63, 3.8) is 0 Å². The molecule has 6 rings (SSSR count). The molecule has 0 spiro atoms. The molecule has 0 bridgehead atoms. The number of benzene rings is 2. The molecule has 4 aliphatic heterocycles. The molecule has 4 aliphatic rings. The van der Waals surface area contributed by atoms with E-state index in [1.54, 1.807) is 0 Å². The quantitative estimate of drug-likeness (QED) is 0.282. The smallest absolute Gasteiger partial charge is 0.161 e. The zero-order chi connectivity index (χ0) is 72.4. The first-order chi connectivity index (χ1) is 39.5. The topological polar surface area (TPSA) is 77.5 Å². The average Bonchev–Trinajstić information content (AvgIpc) is 0.648. The number of Topliss-reactive ketones (excluding diaryl/α,β-unsaturated/α-hetero) is 2. The molecule has 0 aliphatic carbocycles. The monoisotopic (exact) mass is 693 g/mol. The molecule has 2 aromatic carbocycles. The van der Waals surface area contributed by atoms with Crippen molar-refractivity contribution in [2.75, 3.05) is 54.1 Å². The third-order valence-electron chi connectivity index (χ3n) is 6.33. The Kier molecular flexibility index (Phi) is 3.14. The van der Waals surface area contributed by atoms with E-state index in [-0.39, 0.29) is 4.90 Å².